The number of hydrogen-bond acceptors (Lipinski definition) is 1. The minimum absolute atomic E-state index is 0.818. The summed E-state index contributed by atoms with van der Waals surface area (Å²) in [6, 6.07) is 6.66. The molecule has 15 heavy (non-hydrogen) atoms. The van der Waals surface area contributed by atoms with Gasteiger partial charge in [-0.25, -0.2) is 0 Å². The van der Waals surface area contributed by atoms with Crippen molar-refractivity contribution in [2.45, 2.75) is 45.4 Å². The van der Waals surface area contributed by atoms with E-state index in [1.807, 2.05) is 0 Å². The minimum Gasteiger partial charge on any atom is -0.494 e. The summed E-state index contributed by atoms with van der Waals surface area (Å²) >= 11 is 0. The molecule has 1 heteroatoms. The molecule has 1 saturated carbocycles. The molecule has 1 aromatic rings. The summed E-state index contributed by atoms with van der Waals surface area (Å²) in [4.78, 5) is 0. The summed E-state index contributed by atoms with van der Waals surface area (Å²) < 4.78 is 5.75. The fourth-order valence-corrected chi connectivity index (χ4v) is 1.85. The van der Waals surface area contributed by atoms with Crippen LogP contribution in [0.4, 0.5) is 0 Å². The predicted molar refractivity (Wildman–Crippen MR) is 63.6 cm³/mol. The van der Waals surface area contributed by atoms with Crippen molar-refractivity contribution in [3.8, 4) is 5.75 Å². The van der Waals surface area contributed by atoms with Gasteiger partial charge in [0, 0.05) is 0 Å². The summed E-state index contributed by atoms with van der Waals surface area (Å²) in [7, 11) is 0. The molecule has 0 heterocycles. The van der Waals surface area contributed by atoms with Crippen molar-refractivity contribution in [2.75, 3.05) is 6.61 Å². The van der Waals surface area contributed by atoms with E-state index in [1.54, 1.807) is 0 Å². The van der Waals surface area contributed by atoms with Gasteiger partial charge in [0.25, 0.3) is 0 Å². The quantitative estimate of drug-likeness (QED) is 0.657. The van der Waals surface area contributed by atoms with E-state index in [0.717, 1.165) is 24.7 Å². The van der Waals surface area contributed by atoms with Crippen LogP contribution in [0.1, 0.15) is 49.7 Å². The molecule has 0 aliphatic heterocycles. The highest BCUT2D eigenvalue weighted by Crippen LogP contribution is 2.41. The molecule has 0 saturated heterocycles. The van der Waals surface area contributed by atoms with E-state index < -0.39 is 0 Å². The van der Waals surface area contributed by atoms with Gasteiger partial charge in [-0.3, -0.25) is 0 Å². The molecule has 0 amide bonds. The van der Waals surface area contributed by atoms with Gasteiger partial charge in [0.05, 0.1) is 6.61 Å². The van der Waals surface area contributed by atoms with Crippen LogP contribution in [0, 0.1) is 6.92 Å². The van der Waals surface area contributed by atoms with Gasteiger partial charge >= 0.3 is 0 Å². The Labute approximate surface area is 92.5 Å². The van der Waals surface area contributed by atoms with E-state index in [1.165, 1.54) is 30.4 Å². The van der Waals surface area contributed by atoms with Gasteiger partial charge in [0.2, 0.25) is 0 Å². The monoisotopic (exact) mass is 204 g/mol. The maximum atomic E-state index is 5.75. The van der Waals surface area contributed by atoms with Gasteiger partial charge < -0.3 is 4.74 Å². The van der Waals surface area contributed by atoms with Crippen LogP contribution in [0.25, 0.3) is 0 Å². The Balaban J connectivity index is 2.02. The molecular weight excluding hydrogens is 184 g/mol. The number of aryl methyl sites for hydroxylation is 1. The first-order chi connectivity index (χ1) is 7.29. The van der Waals surface area contributed by atoms with Crippen molar-refractivity contribution in [1.29, 1.82) is 0 Å². The third-order valence-electron chi connectivity index (χ3n) is 2.89. The smallest absolute Gasteiger partial charge is 0.119 e. The molecule has 1 aromatic carbocycles. The highest BCUT2D eigenvalue weighted by atomic mass is 16.5. The van der Waals surface area contributed by atoms with E-state index in [4.69, 9.17) is 4.74 Å². The van der Waals surface area contributed by atoms with Crippen molar-refractivity contribution in [2.24, 2.45) is 0 Å². The zero-order valence-electron chi connectivity index (χ0n) is 9.75. The van der Waals surface area contributed by atoms with Crippen LogP contribution >= 0.6 is 0 Å². The molecule has 1 aliphatic rings. The summed E-state index contributed by atoms with van der Waals surface area (Å²) in [5, 5.41) is 0. The fraction of sp³-hybridized carbons (Fsp3) is 0.571. The van der Waals surface area contributed by atoms with Crippen LogP contribution in [0.5, 0.6) is 5.75 Å². The van der Waals surface area contributed by atoms with Gasteiger partial charge in [-0.2, -0.15) is 0 Å². The first kappa shape index (κ1) is 10.5. The van der Waals surface area contributed by atoms with Gasteiger partial charge in [-0.05, 0) is 55.4 Å². The fourth-order valence-electron chi connectivity index (χ4n) is 1.85. The number of rotatable bonds is 5. The minimum atomic E-state index is 0.818. The highest BCUT2D eigenvalue weighted by Gasteiger charge is 2.23. The van der Waals surface area contributed by atoms with Gasteiger partial charge in [-0.15, -0.1) is 0 Å². The zero-order chi connectivity index (χ0) is 10.7. The molecule has 1 nitrogen and oxygen atoms in total. The van der Waals surface area contributed by atoms with Crippen LogP contribution < -0.4 is 4.74 Å². The second-order valence-electron chi connectivity index (χ2n) is 4.56. The second-order valence-corrected chi connectivity index (χ2v) is 4.56. The SMILES string of the molecule is CCCCOc1cc(C)cc(C2CC2)c1. The largest absolute Gasteiger partial charge is 0.494 e. The number of unbranched alkanes of at least 4 members (excludes halogenated alkanes) is 1. The van der Waals surface area contributed by atoms with Crippen molar-refractivity contribution in [1.82, 2.24) is 0 Å². The molecular formula is C14H20O. The van der Waals surface area contributed by atoms with Crippen LogP contribution in [0.15, 0.2) is 18.2 Å². The van der Waals surface area contributed by atoms with E-state index in [-0.39, 0.29) is 0 Å². The molecule has 0 aromatic heterocycles. The number of ether oxygens (including phenoxy) is 1. The topological polar surface area (TPSA) is 9.23 Å². The molecule has 0 radical (unpaired) electrons. The zero-order valence-corrected chi connectivity index (χ0v) is 9.75. The Bertz CT molecular complexity index is 326. The van der Waals surface area contributed by atoms with E-state index in [0.29, 0.717) is 0 Å². The third kappa shape index (κ3) is 2.98. The summed E-state index contributed by atoms with van der Waals surface area (Å²) in [5.41, 5.74) is 2.80. The summed E-state index contributed by atoms with van der Waals surface area (Å²) in [6.45, 7) is 5.19. The maximum absolute atomic E-state index is 5.75. The Hall–Kier alpha value is -0.980. The standard InChI is InChI=1S/C14H20O/c1-3-4-7-15-14-9-11(2)8-13(10-14)12-5-6-12/h8-10,12H,3-7H2,1-2H3. The van der Waals surface area contributed by atoms with E-state index in [2.05, 4.69) is 32.0 Å². The summed E-state index contributed by atoms with van der Waals surface area (Å²) in [5.74, 6) is 1.88. The Morgan fingerprint density at radius 3 is 2.73 bits per heavy atom. The van der Waals surface area contributed by atoms with Crippen molar-refractivity contribution < 1.29 is 4.74 Å². The molecule has 0 spiro atoms. The van der Waals surface area contributed by atoms with Gasteiger partial charge in [-0.1, -0.05) is 19.4 Å². The Morgan fingerprint density at radius 2 is 2.07 bits per heavy atom. The number of hydrogen-bond donors (Lipinski definition) is 0. The van der Waals surface area contributed by atoms with Crippen molar-refractivity contribution >= 4 is 0 Å². The third-order valence-corrected chi connectivity index (χ3v) is 2.89. The van der Waals surface area contributed by atoms with Crippen molar-refractivity contribution in [3.63, 3.8) is 0 Å². The lowest BCUT2D eigenvalue weighted by atomic mass is 10.1. The van der Waals surface area contributed by atoms with Crippen molar-refractivity contribution in [3.05, 3.63) is 29.3 Å². The lowest BCUT2D eigenvalue weighted by molar-refractivity contribution is 0.309. The van der Waals surface area contributed by atoms with Crippen LogP contribution in [0.3, 0.4) is 0 Å². The first-order valence-electron chi connectivity index (χ1n) is 6.04. The second kappa shape index (κ2) is 4.69. The number of benzene rings is 1. The molecule has 2 rings (SSSR count). The van der Waals surface area contributed by atoms with E-state index in [9.17, 15) is 0 Å². The molecule has 0 N–H and O–H groups in total. The molecule has 0 unspecified atom stereocenters. The van der Waals surface area contributed by atoms with Crippen LogP contribution in [-0.4, -0.2) is 6.61 Å². The Kier molecular flexibility index (Phi) is 3.30. The van der Waals surface area contributed by atoms with Gasteiger partial charge in [0.15, 0.2) is 0 Å². The highest BCUT2D eigenvalue weighted by molar-refractivity contribution is 5.37. The predicted octanol–water partition coefficient (Wildman–Crippen LogP) is 4.05. The first-order valence-corrected chi connectivity index (χ1v) is 6.04. The van der Waals surface area contributed by atoms with E-state index >= 15 is 0 Å². The molecule has 0 bridgehead atoms. The average molecular weight is 204 g/mol. The summed E-state index contributed by atoms with van der Waals surface area (Å²) in [6.07, 6.45) is 5.06. The van der Waals surface area contributed by atoms with Gasteiger partial charge in [0.1, 0.15) is 5.75 Å². The van der Waals surface area contributed by atoms with Crippen LogP contribution in [0.2, 0.25) is 0 Å². The average Bonchev–Trinajstić information content (AvgIpc) is 3.00. The van der Waals surface area contributed by atoms with Crippen LogP contribution in [-0.2, 0) is 0 Å². The molecule has 1 fully saturated rings. The maximum Gasteiger partial charge on any atom is 0.119 e. The lowest BCUT2D eigenvalue weighted by Crippen LogP contribution is -1.97. The Morgan fingerprint density at radius 1 is 1.27 bits per heavy atom. The molecule has 1 aliphatic carbocycles. The lowest BCUT2D eigenvalue weighted by Gasteiger charge is -2.08. The molecule has 82 valence electrons. The molecule has 0 atom stereocenters. The normalized spacial score (nSPS) is 15.3.